The Bertz CT molecular complexity index is 696. The first-order valence-electron chi connectivity index (χ1n) is 8.69. The molecule has 24 heavy (non-hydrogen) atoms. The molecule has 4 rings (SSSR count). The standard InChI is InChI=1S/C19H23N3O2/c1-23-17-6-4-5-15-11-14(13-24-19(15)17)12-16-7-8-18(21-20-16)22-9-2-3-10-22/h4-8,14H,2-3,9-13H2,1H3/t14-/m0/s1. The van der Waals surface area contributed by atoms with E-state index in [9.17, 15) is 0 Å². The van der Waals surface area contributed by atoms with Crippen molar-refractivity contribution in [3.05, 3.63) is 41.6 Å². The molecule has 0 unspecified atom stereocenters. The molecule has 2 aromatic rings. The van der Waals surface area contributed by atoms with Crippen LogP contribution < -0.4 is 14.4 Å². The van der Waals surface area contributed by atoms with Crippen molar-refractivity contribution in [1.29, 1.82) is 0 Å². The molecule has 5 heteroatoms. The number of benzene rings is 1. The third-order valence-electron chi connectivity index (χ3n) is 4.89. The average Bonchev–Trinajstić information content (AvgIpc) is 3.16. The summed E-state index contributed by atoms with van der Waals surface area (Å²) in [5.41, 5.74) is 2.25. The fourth-order valence-electron chi connectivity index (χ4n) is 3.62. The Morgan fingerprint density at radius 2 is 2.04 bits per heavy atom. The molecule has 1 saturated heterocycles. The van der Waals surface area contributed by atoms with E-state index in [4.69, 9.17) is 9.47 Å². The van der Waals surface area contributed by atoms with Crippen LogP contribution in [0, 0.1) is 5.92 Å². The van der Waals surface area contributed by atoms with Gasteiger partial charge in [0.05, 0.1) is 19.4 Å². The second-order valence-electron chi connectivity index (χ2n) is 6.61. The molecular formula is C19H23N3O2. The topological polar surface area (TPSA) is 47.5 Å². The van der Waals surface area contributed by atoms with E-state index >= 15 is 0 Å². The van der Waals surface area contributed by atoms with Gasteiger partial charge in [-0.25, -0.2) is 0 Å². The Labute approximate surface area is 142 Å². The molecule has 2 aliphatic rings. The first kappa shape index (κ1) is 15.2. The molecule has 0 spiro atoms. The summed E-state index contributed by atoms with van der Waals surface area (Å²) in [5, 5.41) is 8.85. The lowest BCUT2D eigenvalue weighted by Crippen LogP contribution is -2.24. The third kappa shape index (κ3) is 3.03. The van der Waals surface area contributed by atoms with Crippen molar-refractivity contribution in [1.82, 2.24) is 10.2 Å². The van der Waals surface area contributed by atoms with Gasteiger partial charge in [-0.1, -0.05) is 12.1 Å². The maximum Gasteiger partial charge on any atom is 0.164 e. The van der Waals surface area contributed by atoms with Gasteiger partial charge >= 0.3 is 0 Å². The number of hydrogen-bond acceptors (Lipinski definition) is 5. The maximum absolute atomic E-state index is 5.95. The number of methoxy groups -OCH3 is 1. The molecule has 126 valence electrons. The Morgan fingerprint density at radius 3 is 2.79 bits per heavy atom. The van der Waals surface area contributed by atoms with Crippen molar-refractivity contribution in [2.45, 2.75) is 25.7 Å². The zero-order valence-corrected chi connectivity index (χ0v) is 14.1. The summed E-state index contributed by atoms with van der Waals surface area (Å²) in [7, 11) is 1.68. The number of nitrogens with zero attached hydrogens (tertiary/aromatic N) is 3. The molecule has 0 bridgehead atoms. The number of rotatable bonds is 4. The number of aromatic nitrogens is 2. The van der Waals surface area contributed by atoms with E-state index < -0.39 is 0 Å². The minimum Gasteiger partial charge on any atom is -0.493 e. The Kier molecular flexibility index (Phi) is 4.24. The highest BCUT2D eigenvalue weighted by molar-refractivity contribution is 5.47. The van der Waals surface area contributed by atoms with Gasteiger partial charge in [0.25, 0.3) is 0 Å². The molecule has 2 aliphatic heterocycles. The first-order chi connectivity index (χ1) is 11.8. The van der Waals surface area contributed by atoms with Crippen LogP contribution in [-0.2, 0) is 12.8 Å². The fourth-order valence-corrected chi connectivity index (χ4v) is 3.62. The number of anilines is 1. The fraction of sp³-hybridized carbons (Fsp3) is 0.474. The van der Waals surface area contributed by atoms with E-state index in [1.165, 1.54) is 18.4 Å². The molecule has 0 radical (unpaired) electrons. The second kappa shape index (κ2) is 6.67. The van der Waals surface area contributed by atoms with E-state index in [1.807, 2.05) is 12.1 Å². The van der Waals surface area contributed by atoms with Crippen molar-refractivity contribution in [3.8, 4) is 11.5 Å². The minimum atomic E-state index is 0.427. The Hall–Kier alpha value is -2.30. The van der Waals surface area contributed by atoms with Crippen LogP contribution in [0.5, 0.6) is 11.5 Å². The highest BCUT2D eigenvalue weighted by atomic mass is 16.5. The van der Waals surface area contributed by atoms with Gasteiger partial charge < -0.3 is 14.4 Å². The summed E-state index contributed by atoms with van der Waals surface area (Å²) in [6, 6.07) is 10.3. The molecule has 0 amide bonds. The zero-order chi connectivity index (χ0) is 16.4. The number of ether oxygens (including phenoxy) is 2. The molecule has 1 aromatic heterocycles. The quantitative estimate of drug-likeness (QED) is 0.865. The maximum atomic E-state index is 5.95. The summed E-state index contributed by atoms with van der Waals surface area (Å²) in [6.45, 7) is 2.90. The van der Waals surface area contributed by atoms with Crippen molar-refractivity contribution in [2.24, 2.45) is 5.92 Å². The number of fused-ring (bicyclic) bond motifs is 1. The van der Waals surface area contributed by atoms with Crippen molar-refractivity contribution in [2.75, 3.05) is 31.7 Å². The van der Waals surface area contributed by atoms with Crippen LogP contribution in [0.25, 0.3) is 0 Å². The summed E-state index contributed by atoms with van der Waals surface area (Å²) >= 11 is 0. The van der Waals surface area contributed by atoms with Gasteiger partial charge in [-0.15, -0.1) is 5.10 Å². The van der Waals surface area contributed by atoms with Crippen molar-refractivity contribution >= 4 is 5.82 Å². The van der Waals surface area contributed by atoms with E-state index in [0.717, 1.165) is 48.9 Å². The summed E-state index contributed by atoms with van der Waals surface area (Å²) in [5.74, 6) is 3.15. The SMILES string of the molecule is COc1cccc2c1OC[C@H](Cc1ccc(N3CCCC3)nn1)C2. The van der Waals surface area contributed by atoms with Crippen LogP contribution >= 0.6 is 0 Å². The normalized spacial score (nSPS) is 19.7. The van der Waals surface area contributed by atoms with Gasteiger partial charge in [-0.05, 0) is 49.4 Å². The molecule has 0 N–H and O–H groups in total. The largest absolute Gasteiger partial charge is 0.493 e. The van der Waals surface area contributed by atoms with Gasteiger partial charge in [0.1, 0.15) is 0 Å². The molecule has 1 aromatic carbocycles. The van der Waals surface area contributed by atoms with Crippen LogP contribution in [0.3, 0.4) is 0 Å². The molecule has 0 aliphatic carbocycles. The van der Waals surface area contributed by atoms with Gasteiger partial charge in [0, 0.05) is 19.0 Å². The van der Waals surface area contributed by atoms with E-state index in [1.54, 1.807) is 7.11 Å². The van der Waals surface area contributed by atoms with Gasteiger partial charge in [-0.2, -0.15) is 5.10 Å². The molecule has 3 heterocycles. The molecule has 5 nitrogen and oxygen atoms in total. The van der Waals surface area contributed by atoms with Crippen LogP contribution in [0.1, 0.15) is 24.1 Å². The second-order valence-corrected chi connectivity index (χ2v) is 6.61. The predicted molar refractivity (Wildman–Crippen MR) is 92.9 cm³/mol. The lowest BCUT2D eigenvalue weighted by molar-refractivity contribution is 0.210. The highest BCUT2D eigenvalue weighted by Gasteiger charge is 2.23. The van der Waals surface area contributed by atoms with Gasteiger partial charge in [0.2, 0.25) is 0 Å². The van der Waals surface area contributed by atoms with E-state index in [-0.39, 0.29) is 0 Å². The van der Waals surface area contributed by atoms with Crippen LogP contribution in [0.4, 0.5) is 5.82 Å². The Balaban J connectivity index is 1.42. The van der Waals surface area contributed by atoms with Crippen molar-refractivity contribution in [3.63, 3.8) is 0 Å². The monoisotopic (exact) mass is 325 g/mol. The minimum absolute atomic E-state index is 0.427. The third-order valence-corrected chi connectivity index (χ3v) is 4.89. The zero-order valence-electron chi connectivity index (χ0n) is 14.1. The van der Waals surface area contributed by atoms with Gasteiger partial charge in [-0.3, -0.25) is 0 Å². The van der Waals surface area contributed by atoms with Crippen molar-refractivity contribution < 1.29 is 9.47 Å². The number of para-hydroxylation sites is 1. The predicted octanol–water partition coefficient (Wildman–Crippen LogP) is 2.88. The van der Waals surface area contributed by atoms with Crippen LogP contribution in [0.15, 0.2) is 30.3 Å². The Morgan fingerprint density at radius 1 is 1.17 bits per heavy atom. The molecule has 0 saturated carbocycles. The summed E-state index contributed by atoms with van der Waals surface area (Å²) < 4.78 is 11.3. The summed E-state index contributed by atoms with van der Waals surface area (Å²) in [6.07, 6.45) is 4.39. The van der Waals surface area contributed by atoms with E-state index in [2.05, 4.69) is 33.3 Å². The molecule has 1 fully saturated rings. The van der Waals surface area contributed by atoms with Crippen LogP contribution in [0.2, 0.25) is 0 Å². The highest BCUT2D eigenvalue weighted by Crippen LogP contribution is 2.36. The number of hydrogen-bond donors (Lipinski definition) is 0. The van der Waals surface area contributed by atoms with Gasteiger partial charge in [0.15, 0.2) is 17.3 Å². The molecular weight excluding hydrogens is 302 g/mol. The van der Waals surface area contributed by atoms with Crippen LogP contribution in [-0.4, -0.2) is 37.0 Å². The first-order valence-corrected chi connectivity index (χ1v) is 8.69. The molecule has 1 atom stereocenters. The lowest BCUT2D eigenvalue weighted by Gasteiger charge is -2.26. The summed E-state index contributed by atoms with van der Waals surface area (Å²) in [4.78, 5) is 2.31. The smallest absolute Gasteiger partial charge is 0.164 e. The lowest BCUT2D eigenvalue weighted by atomic mass is 9.92. The average molecular weight is 325 g/mol. The van der Waals surface area contributed by atoms with E-state index in [0.29, 0.717) is 12.5 Å².